The van der Waals surface area contributed by atoms with Crippen LogP contribution in [0.4, 0.5) is 4.39 Å². The first-order valence-corrected chi connectivity index (χ1v) is 8.05. The van der Waals surface area contributed by atoms with E-state index in [4.69, 9.17) is 4.42 Å². The van der Waals surface area contributed by atoms with Crippen molar-refractivity contribution in [3.05, 3.63) is 48.0 Å². The molecule has 0 aliphatic carbocycles. The Balaban J connectivity index is 1.52. The Kier molecular flexibility index (Phi) is 4.90. The zero-order valence-corrected chi connectivity index (χ0v) is 13.0. The van der Waals surface area contributed by atoms with E-state index in [1.165, 1.54) is 31.5 Å². The van der Waals surface area contributed by atoms with Gasteiger partial charge in [0.25, 0.3) is 0 Å². The molecule has 118 valence electrons. The molecule has 1 unspecified atom stereocenters. The molecule has 3 nitrogen and oxygen atoms in total. The third kappa shape index (κ3) is 3.57. The van der Waals surface area contributed by atoms with Gasteiger partial charge in [0.1, 0.15) is 17.3 Å². The second-order valence-corrected chi connectivity index (χ2v) is 5.83. The molecule has 1 saturated heterocycles. The molecule has 22 heavy (non-hydrogen) atoms. The van der Waals surface area contributed by atoms with Crippen LogP contribution in [-0.2, 0) is 6.54 Å². The van der Waals surface area contributed by atoms with Crippen LogP contribution in [0.3, 0.4) is 0 Å². The third-order valence-corrected chi connectivity index (χ3v) is 4.37. The summed E-state index contributed by atoms with van der Waals surface area (Å²) in [5.74, 6) is 1.47. The number of nitrogens with zero attached hydrogens (tertiary/aromatic N) is 1. The van der Waals surface area contributed by atoms with Gasteiger partial charge in [-0.3, -0.25) is 4.90 Å². The molecule has 0 bridgehead atoms. The average molecular weight is 302 g/mol. The van der Waals surface area contributed by atoms with Crippen molar-refractivity contribution in [3.8, 4) is 11.3 Å². The van der Waals surface area contributed by atoms with Gasteiger partial charge in [-0.05, 0) is 62.3 Å². The lowest BCUT2D eigenvalue weighted by atomic mass is 10.2. The number of rotatable bonds is 6. The van der Waals surface area contributed by atoms with Crippen LogP contribution < -0.4 is 5.32 Å². The predicted octanol–water partition coefficient (Wildman–Crippen LogP) is 3.66. The second kappa shape index (κ2) is 7.07. The maximum atomic E-state index is 12.9. The summed E-state index contributed by atoms with van der Waals surface area (Å²) in [4.78, 5) is 2.53. The maximum Gasteiger partial charge on any atom is 0.134 e. The van der Waals surface area contributed by atoms with Crippen LogP contribution in [0.25, 0.3) is 11.3 Å². The number of likely N-dealkylation sites (N-methyl/N-ethyl adjacent to an activating group) is 1. The van der Waals surface area contributed by atoms with E-state index >= 15 is 0 Å². The lowest BCUT2D eigenvalue weighted by molar-refractivity contribution is 0.258. The zero-order valence-electron chi connectivity index (χ0n) is 13.0. The van der Waals surface area contributed by atoms with Gasteiger partial charge in [-0.25, -0.2) is 4.39 Å². The summed E-state index contributed by atoms with van der Waals surface area (Å²) >= 11 is 0. The van der Waals surface area contributed by atoms with E-state index < -0.39 is 0 Å². The molecule has 1 atom stereocenters. The van der Waals surface area contributed by atoms with Gasteiger partial charge >= 0.3 is 0 Å². The summed E-state index contributed by atoms with van der Waals surface area (Å²) in [5.41, 5.74) is 0.903. The molecular weight excluding hydrogens is 279 g/mol. The quantitative estimate of drug-likeness (QED) is 0.882. The molecule has 1 aliphatic heterocycles. The molecular formula is C18H23FN2O. The van der Waals surface area contributed by atoms with E-state index in [2.05, 4.69) is 17.1 Å². The summed E-state index contributed by atoms with van der Waals surface area (Å²) in [6.07, 6.45) is 2.58. The van der Waals surface area contributed by atoms with E-state index in [1.807, 2.05) is 12.1 Å². The number of hydrogen-bond acceptors (Lipinski definition) is 3. The fourth-order valence-corrected chi connectivity index (χ4v) is 3.15. The van der Waals surface area contributed by atoms with E-state index in [1.54, 1.807) is 12.1 Å². The molecule has 1 aromatic carbocycles. The van der Waals surface area contributed by atoms with Crippen LogP contribution in [0.2, 0.25) is 0 Å². The van der Waals surface area contributed by atoms with Crippen molar-refractivity contribution in [2.45, 2.75) is 32.4 Å². The van der Waals surface area contributed by atoms with Crippen LogP contribution in [0.1, 0.15) is 25.5 Å². The lowest BCUT2D eigenvalue weighted by Crippen LogP contribution is -2.37. The van der Waals surface area contributed by atoms with Crippen molar-refractivity contribution in [1.82, 2.24) is 10.2 Å². The number of nitrogens with one attached hydrogen (secondary N) is 1. The third-order valence-electron chi connectivity index (χ3n) is 4.37. The fraction of sp³-hybridized carbons (Fsp3) is 0.444. The molecule has 1 aromatic heterocycles. The molecule has 0 amide bonds. The van der Waals surface area contributed by atoms with Crippen LogP contribution in [-0.4, -0.2) is 30.6 Å². The number of benzene rings is 1. The van der Waals surface area contributed by atoms with Crippen LogP contribution in [0, 0.1) is 5.82 Å². The Bertz CT molecular complexity index is 593. The van der Waals surface area contributed by atoms with E-state index in [-0.39, 0.29) is 5.82 Å². The molecule has 0 spiro atoms. The first kappa shape index (κ1) is 15.3. The Labute approximate surface area is 131 Å². The van der Waals surface area contributed by atoms with E-state index in [9.17, 15) is 4.39 Å². The second-order valence-electron chi connectivity index (χ2n) is 5.83. The van der Waals surface area contributed by atoms with Crippen molar-refractivity contribution in [2.75, 3.05) is 19.6 Å². The molecule has 2 heterocycles. The normalized spacial score (nSPS) is 18.9. The monoisotopic (exact) mass is 302 g/mol. The first-order chi connectivity index (χ1) is 10.8. The topological polar surface area (TPSA) is 28.4 Å². The molecule has 1 aliphatic rings. The summed E-state index contributed by atoms with van der Waals surface area (Å²) in [6.45, 7) is 6.30. The minimum atomic E-state index is -0.228. The number of hydrogen-bond donors (Lipinski definition) is 1. The molecule has 0 radical (unpaired) electrons. The summed E-state index contributed by atoms with van der Waals surface area (Å²) < 4.78 is 18.8. The van der Waals surface area contributed by atoms with Crippen LogP contribution >= 0.6 is 0 Å². The Morgan fingerprint density at radius 1 is 1.23 bits per heavy atom. The Hall–Kier alpha value is -1.65. The SMILES string of the molecule is CCN1CCCC1CNCc1ccc(-c2ccc(F)cc2)o1. The number of halogens is 1. The zero-order chi connectivity index (χ0) is 15.4. The van der Waals surface area contributed by atoms with Crippen LogP contribution in [0.15, 0.2) is 40.8 Å². The summed E-state index contributed by atoms with van der Waals surface area (Å²) in [5, 5.41) is 3.49. The molecule has 3 rings (SSSR count). The van der Waals surface area contributed by atoms with Gasteiger partial charge in [0.15, 0.2) is 0 Å². The predicted molar refractivity (Wildman–Crippen MR) is 86.1 cm³/mol. The number of likely N-dealkylation sites (tertiary alicyclic amines) is 1. The van der Waals surface area contributed by atoms with Crippen molar-refractivity contribution in [2.24, 2.45) is 0 Å². The summed E-state index contributed by atoms with van der Waals surface area (Å²) in [7, 11) is 0. The van der Waals surface area contributed by atoms with Crippen molar-refractivity contribution < 1.29 is 8.81 Å². The van der Waals surface area contributed by atoms with Crippen molar-refractivity contribution >= 4 is 0 Å². The molecule has 2 aromatic rings. The maximum absolute atomic E-state index is 12.9. The van der Waals surface area contributed by atoms with E-state index in [0.717, 1.165) is 36.7 Å². The van der Waals surface area contributed by atoms with Gasteiger partial charge in [0.05, 0.1) is 6.54 Å². The highest BCUT2D eigenvalue weighted by molar-refractivity contribution is 5.57. The lowest BCUT2D eigenvalue weighted by Gasteiger charge is -2.22. The Morgan fingerprint density at radius 2 is 2.05 bits per heavy atom. The smallest absolute Gasteiger partial charge is 0.134 e. The van der Waals surface area contributed by atoms with E-state index in [0.29, 0.717) is 6.04 Å². The summed E-state index contributed by atoms with van der Waals surface area (Å²) in [6, 6.07) is 11.0. The largest absolute Gasteiger partial charge is 0.460 e. The minimum absolute atomic E-state index is 0.228. The number of furan rings is 1. The van der Waals surface area contributed by atoms with Crippen molar-refractivity contribution in [1.29, 1.82) is 0 Å². The van der Waals surface area contributed by atoms with Crippen molar-refractivity contribution in [3.63, 3.8) is 0 Å². The molecule has 1 fully saturated rings. The highest BCUT2D eigenvalue weighted by Crippen LogP contribution is 2.22. The van der Waals surface area contributed by atoms with Gasteiger partial charge in [-0.15, -0.1) is 0 Å². The molecule has 1 N–H and O–H groups in total. The van der Waals surface area contributed by atoms with Crippen LogP contribution in [0.5, 0.6) is 0 Å². The highest BCUT2D eigenvalue weighted by Gasteiger charge is 2.22. The molecule has 4 heteroatoms. The van der Waals surface area contributed by atoms with Gasteiger partial charge in [-0.2, -0.15) is 0 Å². The van der Waals surface area contributed by atoms with Gasteiger partial charge in [0.2, 0.25) is 0 Å². The van der Waals surface area contributed by atoms with Gasteiger partial charge < -0.3 is 9.73 Å². The first-order valence-electron chi connectivity index (χ1n) is 8.05. The molecule has 0 saturated carbocycles. The minimum Gasteiger partial charge on any atom is -0.460 e. The van der Waals surface area contributed by atoms with Gasteiger partial charge in [0, 0.05) is 18.2 Å². The van der Waals surface area contributed by atoms with Gasteiger partial charge in [-0.1, -0.05) is 6.92 Å². The average Bonchev–Trinajstić information content (AvgIpc) is 3.17. The fourth-order valence-electron chi connectivity index (χ4n) is 3.15. The highest BCUT2D eigenvalue weighted by atomic mass is 19.1. The standard InChI is InChI=1S/C18H23FN2O/c1-2-21-11-3-4-16(21)12-20-13-17-9-10-18(22-17)14-5-7-15(19)8-6-14/h5-10,16,20H,2-4,11-13H2,1H3. The Morgan fingerprint density at radius 3 is 2.82 bits per heavy atom.